The van der Waals surface area contributed by atoms with Crippen LogP contribution in [0.25, 0.3) is 0 Å². The first kappa shape index (κ1) is 23.9. The predicted octanol–water partition coefficient (Wildman–Crippen LogP) is 3.80. The minimum atomic E-state index is 0. The van der Waals surface area contributed by atoms with Gasteiger partial charge in [-0.1, -0.05) is 29.8 Å². The van der Waals surface area contributed by atoms with E-state index in [4.69, 9.17) is 9.47 Å². The van der Waals surface area contributed by atoms with Gasteiger partial charge in [0, 0.05) is 19.2 Å². The van der Waals surface area contributed by atoms with Crippen LogP contribution in [0.1, 0.15) is 18.1 Å². The molecule has 0 aliphatic rings. The van der Waals surface area contributed by atoms with E-state index in [1.807, 2.05) is 55.3 Å². The first-order valence-corrected chi connectivity index (χ1v) is 9.09. The minimum absolute atomic E-state index is 0. The Labute approximate surface area is 184 Å². The van der Waals surface area contributed by atoms with Gasteiger partial charge in [-0.2, -0.15) is 0 Å². The molecule has 2 aromatic rings. The third-order valence-electron chi connectivity index (χ3n) is 4.11. The highest BCUT2D eigenvalue weighted by Crippen LogP contribution is 2.29. The number of nitrogens with zero attached hydrogens (tertiary/aromatic N) is 2. The number of aromatic hydroxyl groups is 1. The van der Waals surface area contributed by atoms with Crippen molar-refractivity contribution in [1.82, 2.24) is 10.2 Å². The number of guanidine groups is 1. The van der Waals surface area contributed by atoms with Crippen molar-refractivity contribution in [3.8, 4) is 17.2 Å². The van der Waals surface area contributed by atoms with E-state index >= 15 is 0 Å². The molecule has 0 atom stereocenters. The second-order valence-corrected chi connectivity index (χ2v) is 6.22. The number of nitrogens with one attached hydrogen (secondary N) is 1. The number of phenolic OH excluding ortho intramolecular Hbond substituents is 1. The van der Waals surface area contributed by atoms with Crippen LogP contribution in [-0.2, 0) is 6.54 Å². The first-order valence-electron chi connectivity index (χ1n) is 9.09. The number of halogens is 1. The van der Waals surface area contributed by atoms with Gasteiger partial charge in [-0.25, -0.2) is 4.99 Å². The molecule has 0 spiro atoms. The van der Waals surface area contributed by atoms with Crippen molar-refractivity contribution in [1.29, 1.82) is 0 Å². The molecule has 0 aliphatic heterocycles. The molecule has 0 aromatic heterocycles. The molecular formula is C21H30IN3O3. The van der Waals surface area contributed by atoms with Gasteiger partial charge in [0.05, 0.1) is 20.2 Å². The number of hydrogen-bond donors (Lipinski definition) is 2. The summed E-state index contributed by atoms with van der Waals surface area (Å²) in [5.41, 5.74) is 1.93. The summed E-state index contributed by atoms with van der Waals surface area (Å²) in [6.45, 7) is 6.42. The molecule has 2 N–H and O–H groups in total. The lowest BCUT2D eigenvalue weighted by Crippen LogP contribution is -2.40. The van der Waals surface area contributed by atoms with Crippen molar-refractivity contribution in [2.45, 2.75) is 20.4 Å². The number of phenols is 1. The standard InChI is InChI=1S/C21H29N3O3.HI/c1-5-22-21(23-15-17-7-6-8-19(26-4)20(17)25)24(3)13-14-27-18-11-9-16(2)10-12-18;/h6-12,25H,5,13-15H2,1-4H3,(H,22,23);1H. The molecule has 0 fully saturated rings. The second-order valence-electron chi connectivity index (χ2n) is 6.22. The van der Waals surface area contributed by atoms with Crippen LogP contribution < -0.4 is 14.8 Å². The number of methoxy groups -OCH3 is 1. The fourth-order valence-corrected chi connectivity index (χ4v) is 2.53. The number of ether oxygens (including phenoxy) is 2. The molecule has 0 bridgehead atoms. The molecule has 0 unspecified atom stereocenters. The van der Waals surface area contributed by atoms with Crippen LogP contribution in [0, 0.1) is 6.92 Å². The van der Waals surface area contributed by atoms with Crippen LogP contribution in [0.5, 0.6) is 17.2 Å². The van der Waals surface area contributed by atoms with E-state index in [9.17, 15) is 5.11 Å². The maximum absolute atomic E-state index is 10.2. The maximum Gasteiger partial charge on any atom is 0.194 e. The van der Waals surface area contributed by atoms with Gasteiger partial charge >= 0.3 is 0 Å². The van der Waals surface area contributed by atoms with Gasteiger partial charge in [-0.05, 0) is 32.0 Å². The Bertz CT molecular complexity index is 751. The summed E-state index contributed by atoms with van der Waals surface area (Å²) in [6.07, 6.45) is 0. The Balaban J connectivity index is 0.00000392. The number of likely N-dealkylation sites (N-methyl/N-ethyl adjacent to an activating group) is 1. The molecule has 6 nitrogen and oxygen atoms in total. The Morgan fingerprint density at radius 1 is 1.18 bits per heavy atom. The zero-order chi connectivity index (χ0) is 19.6. The Kier molecular flexibility index (Phi) is 10.5. The van der Waals surface area contributed by atoms with Crippen LogP contribution >= 0.6 is 24.0 Å². The van der Waals surface area contributed by atoms with E-state index in [1.165, 1.54) is 12.7 Å². The largest absolute Gasteiger partial charge is 0.504 e. The van der Waals surface area contributed by atoms with Crippen LogP contribution in [0.3, 0.4) is 0 Å². The van der Waals surface area contributed by atoms with Crippen molar-refractivity contribution in [2.24, 2.45) is 4.99 Å². The van der Waals surface area contributed by atoms with E-state index in [1.54, 1.807) is 6.07 Å². The van der Waals surface area contributed by atoms with Crippen LogP contribution in [0.2, 0.25) is 0 Å². The molecule has 0 aliphatic carbocycles. The van der Waals surface area contributed by atoms with Crippen molar-refractivity contribution < 1.29 is 14.6 Å². The van der Waals surface area contributed by atoms with Crippen molar-refractivity contribution in [3.63, 3.8) is 0 Å². The number of rotatable bonds is 8. The van der Waals surface area contributed by atoms with Gasteiger partial charge in [-0.3, -0.25) is 0 Å². The first-order chi connectivity index (χ1) is 13.0. The quantitative estimate of drug-likeness (QED) is 0.329. The summed E-state index contributed by atoms with van der Waals surface area (Å²) in [4.78, 5) is 6.63. The van der Waals surface area contributed by atoms with E-state index in [0.29, 0.717) is 31.0 Å². The fourth-order valence-electron chi connectivity index (χ4n) is 2.53. The van der Waals surface area contributed by atoms with Crippen LogP contribution in [-0.4, -0.2) is 49.8 Å². The lowest BCUT2D eigenvalue weighted by atomic mass is 10.2. The molecule has 7 heteroatoms. The van der Waals surface area contributed by atoms with E-state index < -0.39 is 0 Å². The molecule has 2 rings (SSSR count). The monoisotopic (exact) mass is 499 g/mol. The molecule has 0 saturated heterocycles. The highest BCUT2D eigenvalue weighted by Gasteiger charge is 2.09. The summed E-state index contributed by atoms with van der Waals surface area (Å²) in [6, 6.07) is 13.4. The SMILES string of the molecule is CCNC(=NCc1cccc(OC)c1O)N(C)CCOc1ccc(C)cc1.I. The van der Waals surface area contributed by atoms with Crippen LogP contribution in [0.15, 0.2) is 47.5 Å². The summed E-state index contributed by atoms with van der Waals surface area (Å²) in [7, 11) is 3.50. The van der Waals surface area contributed by atoms with Gasteiger partial charge in [0.25, 0.3) is 0 Å². The number of aliphatic imine (C=N–C) groups is 1. The zero-order valence-corrected chi connectivity index (χ0v) is 19.3. The van der Waals surface area contributed by atoms with Gasteiger partial charge in [0.1, 0.15) is 12.4 Å². The number of hydrogen-bond acceptors (Lipinski definition) is 4. The summed E-state index contributed by atoms with van der Waals surface area (Å²) in [5, 5.41) is 13.5. The predicted molar refractivity (Wildman–Crippen MR) is 124 cm³/mol. The average molecular weight is 499 g/mol. The summed E-state index contributed by atoms with van der Waals surface area (Å²) < 4.78 is 10.9. The molecule has 28 heavy (non-hydrogen) atoms. The van der Waals surface area contributed by atoms with Crippen LogP contribution in [0.4, 0.5) is 0 Å². The van der Waals surface area contributed by atoms with Crippen molar-refractivity contribution in [3.05, 3.63) is 53.6 Å². The number of para-hydroxylation sites is 1. The van der Waals surface area contributed by atoms with Crippen molar-refractivity contribution in [2.75, 3.05) is 33.9 Å². The molecular weight excluding hydrogens is 469 g/mol. The van der Waals surface area contributed by atoms with Gasteiger partial charge < -0.3 is 24.8 Å². The van der Waals surface area contributed by atoms with Gasteiger partial charge in [0.2, 0.25) is 0 Å². The third kappa shape index (κ3) is 7.10. The molecule has 0 radical (unpaired) electrons. The number of aryl methyl sites for hydroxylation is 1. The lowest BCUT2D eigenvalue weighted by molar-refractivity contribution is 0.281. The normalized spacial score (nSPS) is 10.8. The molecule has 2 aromatic carbocycles. The van der Waals surface area contributed by atoms with Gasteiger partial charge in [-0.15, -0.1) is 24.0 Å². The highest BCUT2D eigenvalue weighted by molar-refractivity contribution is 14.0. The Morgan fingerprint density at radius 3 is 2.54 bits per heavy atom. The zero-order valence-electron chi connectivity index (χ0n) is 16.9. The number of benzene rings is 2. The fraction of sp³-hybridized carbons (Fsp3) is 0.381. The molecule has 0 amide bonds. The van der Waals surface area contributed by atoms with E-state index in [-0.39, 0.29) is 29.7 Å². The third-order valence-corrected chi connectivity index (χ3v) is 4.11. The lowest BCUT2D eigenvalue weighted by Gasteiger charge is -2.22. The molecule has 0 heterocycles. The topological polar surface area (TPSA) is 66.3 Å². The highest BCUT2D eigenvalue weighted by atomic mass is 127. The average Bonchev–Trinajstić information content (AvgIpc) is 2.67. The Morgan fingerprint density at radius 2 is 1.89 bits per heavy atom. The van der Waals surface area contributed by atoms with Gasteiger partial charge in [0.15, 0.2) is 17.5 Å². The van der Waals surface area contributed by atoms with E-state index in [0.717, 1.165) is 18.3 Å². The van der Waals surface area contributed by atoms with E-state index in [2.05, 4.69) is 17.2 Å². The molecule has 154 valence electrons. The summed E-state index contributed by atoms with van der Waals surface area (Å²) >= 11 is 0. The Hall–Kier alpha value is -2.16. The second kappa shape index (κ2) is 12.3. The smallest absolute Gasteiger partial charge is 0.194 e. The minimum Gasteiger partial charge on any atom is -0.504 e. The molecule has 0 saturated carbocycles. The maximum atomic E-state index is 10.2. The van der Waals surface area contributed by atoms with Crippen molar-refractivity contribution >= 4 is 29.9 Å². The summed E-state index contributed by atoms with van der Waals surface area (Å²) in [5.74, 6) is 2.20.